The lowest BCUT2D eigenvalue weighted by Crippen LogP contribution is -2.39. The van der Waals surface area contributed by atoms with E-state index < -0.39 is 0 Å². The van der Waals surface area contributed by atoms with Crippen molar-refractivity contribution in [1.29, 1.82) is 0 Å². The minimum atomic E-state index is 0.0372. The van der Waals surface area contributed by atoms with Gasteiger partial charge < -0.3 is 19.9 Å². The Hall–Kier alpha value is -4.20. The Morgan fingerprint density at radius 2 is 2.06 bits per heavy atom. The second-order valence-corrected chi connectivity index (χ2v) is 8.78. The summed E-state index contributed by atoms with van der Waals surface area (Å²) in [6.45, 7) is 1.99. The highest BCUT2D eigenvalue weighted by atomic mass is 16.5. The van der Waals surface area contributed by atoms with Crippen molar-refractivity contribution in [1.82, 2.24) is 24.4 Å². The van der Waals surface area contributed by atoms with Gasteiger partial charge in [0.1, 0.15) is 5.75 Å². The summed E-state index contributed by atoms with van der Waals surface area (Å²) in [5.74, 6) is 1.14. The second kappa shape index (κ2) is 9.97. The molecule has 1 unspecified atom stereocenters. The van der Waals surface area contributed by atoms with Crippen LogP contribution in [0, 0.1) is 0 Å². The summed E-state index contributed by atoms with van der Waals surface area (Å²) in [4.78, 5) is 28.4. The zero-order valence-electron chi connectivity index (χ0n) is 19.7. The van der Waals surface area contributed by atoms with Gasteiger partial charge in [0.25, 0.3) is 5.91 Å². The van der Waals surface area contributed by atoms with Gasteiger partial charge in [-0.3, -0.25) is 4.79 Å². The van der Waals surface area contributed by atoms with Gasteiger partial charge in [-0.2, -0.15) is 0 Å². The number of hydrogen-bond donors (Lipinski definition) is 1. The molecule has 4 aromatic rings. The molecular formula is C27H28N6O2. The number of nitrogens with two attached hydrogens (primary N) is 1. The molecule has 0 bridgehead atoms. The van der Waals surface area contributed by atoms with Gasteiger partial charge in [-0.1, -0.05) is 24.3 Å². The van der Waals surface area contributed by atoms with Crippen molar-refractivity contribution >= 4 is 11.9 Å². The third kappa shape index (κ3) is 5.01. The molecule has 1 fully saturated rings. The molecule has 2 N–H and O–H groups in total. The molecular weight excluding hydrogens is 440 g/mol. The predicted molar refractivity (Wildman–Crippen MR) is 134 cm³/mol. The summed E-state index contributed by atoms with van der Waals surface area (Å²) in [5.41, 5.74) is 10.6. The lowest BCUT2D eigenvalue weighted by atomic mass is 9.89. The topological polar surface area (TPSA) is 99.2 Å². The molecule has 35 heavy (non-hydrogen) atoms. The first-order valence-electron chi connectivity index (χ1n) is 11.7. The maximum atomic E-state index is 13.5. The van der Waals surface area contributed by atoms with Crippen LogP contribution in [0.3, 0.4) is 0 Å². The zero-order chi connectivity index (χ0) is 24.2. The van der Waals surface area contributed by atoms with Crippen molar-refractivity contribution in [2.45, 2.75) is 25.3 Å². The third-order valence-corrected chi connectivity index (χ3v) is 6.43. The molecule has 1 aliphatic heterocycles. The number of imidazole rings is 1. The van der Waals surface area contributed by atoms with Crippen molar-refractivity contribution in [3.8, 4) is 16.9 Å². The summed E-state index contributed by atoms with van der Waals surface area (Å²) in [7, 11) is 1.65. The minimum absolute atomic E-state index is 0.0372. The van der Waals surface area contributed by atoms with Crippen LogP contribution in [-0.4, -0.2) is 50.5 Å². The van der Waals surface area contributed by atoms with Crippen LogP contribution in [-0.2, 0) is 6.54 Å². The standard InChI is InChI=1S/C27H28N6O2/c1-35-23-9-7-20(8-10-23)24-15-30-27(28)31-25(24)22-6-3-12-33(17-22)26(34)21-5-2-4-19(14-21)16-32-13-11-29-18-32/h2,4-5,7-11,13-15,18,22H,3,6,12,16-17H2,1H3,(H2,28,30,31). The van der Waals surface area contributed by atoms with E-state index >= 15 is 0 Å². The molecule has 1 atom stereocenters. The van der Waals surface area contributed by atoms with E-state index in [2.05, 4.69) is 15.0 Å². The highest BCUT2D eigenvalue weighted by Crippen LogP contribution is 2.34. The van der Waals surface area contributed by atoms with Gasteiger partial charge in [0.15, 0.2) is 0 Å². The fourth-order valence-electron chi connectivity index (χ4n) is 4.67. The first-order valence-corrected chi connectivity index (χ1v) is 11.7. The van der Waals surface area contributed by atoms with E-state index in [0.717, 1.165) is 47.5 Å². The highest BCUT2D eigenvalue weighted by Gasteiger charge is 2.28. The smallest absolute Gasteiger partial charge is 0.253 e. The number of carbonyl (C=O) groups excluding carboxylic acids is 1. The van der Waals surface area contributed by atoms with Gasteiger partial charge in [-0.25, -0.2) is 15.0 Å². The van der Waals surface area contributed by atoms with E-state index in [1.165, 1.54) is 0 Å². The highest BCUT2D eigenvalue weighted by molar-refractivity contribution is 5.94. The number of ether oxygens (including phenoxy) is 1. The van der Waals surface area contributed by atoms with Gasteiger partial charge in [0, 0.05) is 55.3 Å². The average Bonchev–Trinajstić information content (AvgIpc) is 3.41. The molecule has 178 valence electrons. The van der Waals surface area contributed by atoms with Gasteiger partial charge in [-0.05, 0) is 48.2 Å². The number of aromatic nitrogens is 4. The maximum Gasteiger partial charge on any atom is 0.253 e. The number of methoxy groups -OCH3 is 1. The van der Waals surface area contributed by atoms with Gasteiger partial charge in [0.2, 0.25) is 5.95 Å². The Morgan fingerprint density at radius 1 is 1.20 bits per heavy atom. The Labute approximate surface area is 204 Å². The summed E-state index contributed by atoms with van der Waals surface area (Å²) in [6, 6.07) is 15.6. The van der Waals surface area contributed by atoms with Crippen molar-refractivity contribution in [3.05, 3.63) is 90.3 Å². The zero-order valence-corrected chi connectivity index (χ0v) is 19.7. The summed E-state index contributed by atoms with van der Waals surface area (Å²) < 4.78 is 7.28. The fraction of sp³-hybridized carbons (Fsp3) is 0.259. The summed E-state index contributed by atoms with van der Waals surface area (Å²) in [5, 5.41) is 0. The van der Waals surface area contributed by atoms with E-state index in [4.69, 9.17) is 10.5 Å². The molecule has 2 aromatic heterocycles. The SMILES string of the molecule is COc1ccc(-c2cnc(N)nc2C2CCCN(C(=O)c3cccc(Cn4ccnc4)c3)C2)cc1. The van der Waals surface area contributed by atoms with Gasteiger partial charge in [0.05, 0.1) is 19.1 Å². The normalized spacial score (nSPS) is 15.7. The van der Waals surface area contributed by atoms with Crippen LogP contribution in [0.1, 0.15) is 40.4 Å². The first kappa shape index (κ1) is 22.6. The quantitative estimate of drug-likeness (QED) is 0.459. The number of piperidine rings is 1. The van der Waals surface area contributed by atoms with Crippen LogP contribution in [0.4, 0.5) is 5.95 Å². The average molecular weight is 469 g/mol. The van der Waals surface area contributed by atoms with Crippen LogP contribution in [0.5, 0.6) is 5.75 Å². The van der Waals surface area contributed by atoms with Crippen LogP contribution >= 0.6 is 0 Å². The Balaban J connectivity index is 1.38. The fourth-order valence-corrected chi connectivity index (χ4v) is 4.67. The molecule has 0 saturated carbocycles. The molecule has 0 radical (unpaired) electrons. The van der Waals surface area contributed by atoms with E-state index in [1.54, 1.807) is 25.8 Å². The van der Waals surface area contributed by atoms with Gasteiger partial charge >= 0.3 is 0 Å². The number of anilines is 1. The molecule has 0 spiro atoms. The third-order valence-electron chi connectivity index (χ3n) is 6.43. The lowest BCUT2D eigenvalue weighted by Gasteiger charge is -2.33. The minimum Gasteiger partial charge on any atom is -0.497 e. The number of likely N-dealkylation sites (tertiary alicyclic amines) is 1. The van der Waals surface area contributed by atoms with E-state index in [-0.39, 0.29) is 17.8 Å². The Morgan fingerprint density at radius 3 is 2.83 bits per heavy atom. The molecule has 1 amide bonds. The molecule has 8 heteroatoms. The number of nitrogen functional groups attached to an aromatic ring is 1. The molecule has 1 aliphatic rings. The van der Waals surface area contributed by atoms with Crippen molar-refractivity contribution in [3.63, 3.8) is 0 Å². The van der Waals surface area contributed by atoms with E-state index in [0.29, 0.717) is 18.7 Å². The number of benzene rings is 2. The first-order chi connectivity index (χ1) is 17.1. The molecule has 8 nitrogen and oxygen atoms in total. The van der Waals surface area contributed by atoms with Crippen LogP contribution in [0.2, 0.25) is 0 Å². The van der Waals surface area contributed by atoms with Crippen molar-refractivity contribution in [2.75, 3.05) is 25.9 Å². The van der Waals surface area contributed by atoms with Crippen molar-refractivity contribution in [2.24, 2.45) is 0 Å². The monoisotopic (exact) mass is 468 g/mol. The second-order valence-electron chi connectivity index (χ2n) is 8.78. The number of hydrogen-bond acceptors (Lipinski definition) is 6. The maximum absolute atomic E-state index is 13.5. The molecule has 2 aromatic carbocycles. The molecule has 3 heterocycles. The van der Waals surface area contributed by atoms with Crippen LogP contribution in [0.15, 0.2) is 73.4 Å². The van der Waals surface area contributed by atoms with Crippen molar-refractivity contribution < 1.29 is 9.53 Å². The predicted octanol–water partition coefficient (Wildman–Crippen LogP) is 4.00. The number of nitrogens with zero attached hydrogens (tertiary/aromatic N) is 5. The van der Waals surface area contributed by atoms with Crippen LogP contribution < -0.4 is 10.5 Å². The molecule has 5 rings (SSSR count). The number of amides is 1. The number of carbonyl (C=O) groups is 1. The van der Waals surface area contributed by atoms with Crippen LogP contribution in [0.25, 0.3) is 11.1 Å². The Bertz CT molecular complexity index is 1300. The number of rotatable bonds is 6. The Kier molecular flexibility index (Phi) is 6.43. The molecule has 0 aliphatic carbocycles. The summed E-state index contributed by atoms with van der Waals surface area (Å²) >= 11 is 0. The van der Waals surface area contributed by atoms with Gasteiger partial charge in [-0.15, -0.1) is 0 Å². The largest absolute Gasteiger partial charge is 0.497 e. The van der Waals surface area contributed by atoms with E-state index in [1.807, 2.05) is 64.2 Å². The summed E-state index contributed by atoms with van der Waals surface area (Å²) in [6.07, 6.45) is 9.05. The van der Waals surface area contributed by atoms with E-state index in [9.17, 15) is 4.79 Å². The molecule has 1 saturated heterocycles. The lowest BCUT2D eigenvalue weighted by molar-refractivity contribution is 0.0706.